The van der Waals surface area contributed by atoms with Crippen molar-refractivity contribution in [2.45, 2.75) is 0 Å². The van der Waals surface area contributed by atoms with Crippen LogP contribution in [0, 0.1) is 0 Å². The summed E-state index contributed by atoms with van der Waals surface area (Å²) in [6.07, 6.45) is 1.83. The highest BCUT2D eigenvalue weighted by Crippen LogP contribution is 2.43. The number of benzene rings is 2. The summed E-state index contributed by atoms with van der Waals surface area (Å²) in [5, 5.41) is 4.44. The molecule has 0 aliphatic heterocycles. The van der Waals surface area contributed by atoms with Crippen LogP contribution in [0.4, 0.5) is 0 Å². The molecule has 0 saturated carbocycles. The van der Waals surface area contributed by atoms with E-state index in [-0.39, 0.29) is 0 Å². The Morgan fingerprint density at radius 2 is 1.38 bits per heavy atom. The molecule has 1 aromatic heterocycles. The molecule has 0 bridgehead atoms. The Hall–Kier alpha value is -3.15. The van der Waals surface area contributed by atoms with Gasteiger partial charge in [0, 0.05) is 18.2 Å². The molecule has 6 heteroatoms. The van der Waals surface area contributed by atoms with Crippen LogP contribution in [-0.4, -0.2) is 38.2 Å². The molecule has 6 nitrogen and oxygen atoms in total. The van der Waals surface area contributed by atoms with Gasteiger partial charge in [0.2, 0.25) is 5.75 Å². The Labute approximate surface area is 152 Å². The van der Waals surface area contributed by atoms with Gasteiger partial charge in [-0.1, -0.05) is 0 Å². The van der Waals surface area contributed by atoms with Crippen molar-refractivity contribution in [3.05, 3.63) is 42.6 Å². The molecule has 0 radical (unpaired) electrons. The lowest BCUT2D eigenvalue weighted by molar-refractivity contribution is 0.324. The number of aryl methyl sites for hydroxylation is 1. The predicted octanol–water partition coefficient (Wildman–Crippen LogP) is 3.79. The van der Waals surface area contributed by atoms with Crippen molar-refractivity contribution in [1.82, 2.24) is 9.78 Å². The maximum atomic E-state index is 5.47. The van der Waals surface area contributed by atoms with Crippen molar-refractivity contribution in [1.29, 1.82) is 0 Å². The van der Waals surface area contributed by atoms with Crippen LogP contribution in [0.1, 0.15) is 0 Å². The molecule has 0 aliphatic carbocycles. The Bertz CT molecular complexity index is 876. The van der Waals surface area contributed by atoms with E-state index in [1.54, 1.807) is 28.4 Å². The molecular weight excluding hydrogens is 332 g/mol. The average Bonchev–Trinajstić information content (AvgIpc) is 3.08. The van der Waals surface area contributed by atoms with Crippen LogP contribution in [0.2, 0.25) is 0 Å². The fraction of sp³-hybridized carbons (Fsp3) is 0.250. The lowest BCUT2D eigenvalue weighted by Crippen LogP contribution is -1.97. The van der Waals surface area contributed by atoms with Crippen LogP contribution in [-0.2, 0) is 7.05 Å². The second-order valence-electron chi connectivity index (χ2n) is 5.67. The molecule has 1 heterocycles. The molecule has 0 fully saturated rings. The molecule has 0 aliphatic rings. The first-order valence-electron chi connectivity index (χ1n) is 8.09. The maximum Gasteiger partial charge on any atom is 0.203 e. The SMILES string of the molecule is COc1ccc(-c2c(-c3cc(OC)c(OC)c(OC)c3)cnn2C)cc1. The number of aromatic nitrogens is 2. The fourth-order valence-corrected chi connectivity index (χ4v) is 2.98. The monoisotopic (exact) mass is 354 g/mol. The summed E-state index contributed by atoms with van der Waals surface area (Å²) in [5.74, 6) is 2.58. The number of nitrogens with zero attached hydrogens (tertiary/aromatic N) is 2. The third-order valence-electron chi connectivity index (χ3n) is 4.28. The van der Waals surface area contributed by atoms with E-state index < -0.39 is 0 Å². The molecule has 0 atom stereocenters. The molecule has 136 valence electrons. The van der Waals surface area contributed by atoms with Gasteiger partial charge in [-0.25, -0.2) is 0 Å². The van der Waals surface area contributed by atoms with Crippen LogP contribution in [0.5, 0.6) is 23.0 Å². The normalized spacial score (nSPS) is 10.5. The average molecular weight is 354 g/mol. The van der Waals surface area contributed by atoms with Crippen LogP contribution in [0.25, 0.3) is 22.4 Å². The van der Waals surface area contributed by atoms with Gasteiger partial charge in [-0.2, -0.15) is 5.10 Å². The van der Waals surface area contributed by atoms with Gasteiger partial charge in [0.15, 0.2) is 11.5 Å². The van der Waals surface area contributed by atoms with Gasteiger partial charge >= 0.3 is 0 Å². The number of hydrogen-bond donors (Lipinski definition) is 0. The lowest BCUT2D eigenvalue weighted by Gasteiger charge is -2.14. The van der Waals surface area contributed by atoms with Crippen molar-refractivity contribution in [3.8, 4) is 45.4 Å². The van der Waals surface area contributed by atoms with Crippen molar-refractivity contribution < 1.29 is 18.9 Å². The first-order valence-corrected chi connectivity index (χ1v) is 8.09. The standard InChI is InChI=1S/C20H22N2O4/c1-22-19(13-6-8-15(23-2)9-7-13)16(12-21-22)14-10-17(24-3)20(26-5)18(11-14)25-4/h6-12H,1-5H3. The summed E-state index contributed by atoms with van der Waals surface area (Å²) < 4.78 is 23.5. The molecule has 26 heavy (non-hydrogen) atoms. The third kappa shape index (κ3) is 3.06. The topological polar surface area (TPSA) is 54.7 Å². The molecule has 3 aromatic rings. The van der Waals surface area contributed by atoms with Crippen LogP contribution >= 0.6 is 0 Å². The molecule has 2 aromatic carbocycles. The van der Waals surface area contributed by atoms with E-state index in [4.69, 9.17) is 18.9 Å². The van der Waals surface area contributed by atoms with E-state index in [9.17, 15) is 0 Å². The van der Waals surface area contributed by atoms with E-state index in [2.05, 4.69) is 5.10 Å². The van der Waals surface area contributed by atoms with Gasteiger partial charge in [-0.15, -0.1) is 0 Å². The summed E-state index contributed by atoms with van der Waals surface area (Å²) in [7, 11) is 8.37. The van der Waals surface area contributed by atoms with Gasteiger partial charge in [0.1, 0.15) is 5.75 Å². The van der Waals surface area contributed by atoms with Gasteiger partial charge < -0.3 is 18.9 Å². The first kappa shape index (κ1) is 17.7. The van der Waals surface area contributed by atoms with Crippen LogP contribution in [0.3, 0.4) is 0 Å². The zero-order chi connectivity index (χ0) is 18.7. The van der Waals surface area contributed by atoms with Gasteiger partial charge in [0.25, 0.3) is 0 Å². The lowest BCUT2D eigenvalue weighted by atomic mass is 10.0. The molecule has 0 amide bonds. The minimum Gasteiger partial charge on any atom is -0.497 e. The van der Waals surface area contributed by atoms with Crippen molar-refractivity contribution in [3.63, 3.8) is 0 Å². The van der Waals surface area contributed by atoms with Crippen LogP contribution < -0.4 is 18.9 Å². The highest BCUT2D eigenvalue weighted by Gasteiger charge is 2.18. The van der Waals surface area contributed by atoms with E-state index in [0.717, 1.165) is 28.1 Å². The van der Waals surface area contributed by atoms with Gasteiger partial charge in [-0.05, 0) is 42.0 Å². The van der Waals surface area contributed by atoms with Gasteiger partial charge in [0.05, 0.1) is 40.3 Å². The highest BCUT2D eigenvalue weighted by molar-refractivity contribution is 5.83. The van der Waals surface area contributed by atoms with Crippen molar-refractivity contribution in [2.24, 2.45) is 7.05 Å². The van der Waals surface area contributed by atoms with Crippen molar-refractivity contribution >= 4 is 0 Å². The first-order chi connectivity index (χ1) is 12.6. The van der Waals surface area contributed by atoms with Crippen LogP contribution in [0.15, 0.2) is 42.6 Å². The number of rotatable bonds is 6. The molecule has 0 saturated heterocycles. The van der Waals surface area contributed by atoms with E-state index >= 15 is 0 Å². The Kier molecular flexibility index (Phi) is 5.02. The smallest absolute Gasteiger partial charge is 0.203 e. The third-order valence-corrected chi connectivity index (χ3v) is 4.28. The molecule has 3 rings (SSSR count). The second-order valence-corrected chi connectivity index (χ2v) is 5.67. The molecule has 0 spiro atoms. The zero-order valence-corrected chi connectivity index (χ0v) is 15.6. The maximum absolute atomic E-state index is 5.47. The van der Waals surface area contributed by atoms with Crippen molar-refractivity contribution in [2.75, 3.05) is 28.4 Å². The number of ether oxygens (including phenoxy) is 4. The minimum absolute atomic E-state index is 0.564. The largest absolute Gasteiger partial charge is 0.497 e. The highest BCUT2D eigenvalue weighted by atomic mass is 16.5. The second kappa shape index (κ2) is 7.39. The molecular formula is C20H22N2O4. The molecule has 0 unspecified atom stereocenters. The van der Waals surface area contributed by atoms with E-state index in [0.29, 0.717) is 17.2 Å². The zero-order valence-electron chi connectivity index (χ0n) is 15.6. The summed E-state index contributed by atoms with van der Waals surface area (Å²) >= 11 is 0. The summed E-state index contributed by atoms with van der Waals surface area (Å²) in [4.78, 5) is 0. The summed E-state index contributed by atoms with van der Waals surface area (Å²) in [6, 6.07) is 11.7. The predicted molar refractivity (Wildman–Crippen MR) is 100 cm³/mol. The Balaban J connectivity index is 2.16. The summed E-state index contributed by atoms with van der Waals surface area (Å²) in [5.41, 5.74) is 3.92. The van der Waals surface area contributed by atoms with E-state index in [1.807, 2.05) is 54.3 Å². The summed E-state index contributed by atoms with van der Waals surface area (Å²) in [6.45, 7) is 0. The van der Waals surface area contributed by atoms with Gasteiger partial charge in [-0.3, -0.25) is 4.68 Å². The Morgan fingerprint density at radius 3 is 1.88 bits per heavy atom. The minimum atomic E-state index is 0.564. The Morgan fingerprint density at radius 1 is 0.769 bits per heavy atom. The number of methoxy groups -OCH3 is 4. The fourth-order valence-electron chi connectivity index (χ4n) is 2.98. The van der Waals surface area contributed by atoms with E-state index in [1.165, 1.54) is 0 Å². The number of hydrogen-bond acceptors (Lipinski definition) is 5. The quantitative estimate of drug-likeness (QED) is 0.674. The molecule has 0 N–H and O–H groups in total.